The molecule has 1 aliphatic carbocycles. The Balaban J connectivity index is 2.48. The maximum absolute atomic E-state index is 9.46. The third kappa shape index (κ3) is 2.50. The molecule has 0 amide bonds. The van der Waals surface area contributed by atoms with Gasteiger partial charge in [-0.1, -0.05) is 12.8 Å². The van der Waals surface area contributed by atoms with Crippen molar-refractivity contribution < 1.29 is 5.11 Å². The van der Waals surface area contributed by atoms with Crippen molar-refractivity contribution in [1.82, 2.24) is 0 Å². The van der Waals surface area contributed by atoms with Gasteiger partial charge in [0.2, 0.25) is 0 Å². The van der Waals surface area contributed by atoms with E-state index in [4.69, 9.17) is 5.73 Å². The van der Waals surface area contributed by atoms with E-state index in [0.29, 0.717) is 5.84 Å². The van der Waals surface area contributed by atoms with E-state index in [0.717, 1.165) is 19.3 Å². The fraction of sp³-hybridized carbons (Fsp3) is 0.875. The van der Waals surface area contributed by atoms with Gasteiger partial charge in [0.25, 0.3) is 0 Å². The van der Waals surface area contributed by atoms with Crippen molar-refractivity contribution in [3.05, 3.63) is 0 Å². The zero-order valence-electron chi connectivity index (χ0n) is 6.95. The number of amidine groups is 1. The van der Waals surface area contributed by atoms with Gasteiger partial charge in [0.05, 0.1) is 18.0 Å². The van der Waals surface area contributed by atoms with Crippen LogP contribution in [-0.2, 0) is 0 Å². The van der Waals surface area contributed by atoms with Crippen LogP contribution in [0.1, 0.15) is 32.6 Å². The second-order valence-electron chi connectivity index (χ2n) is 3.19. The van der Waals surface area contributed by atoms with Crippen molar-refractivity contribution in [3.63, 3.8) is 0 Å². The lowest BCUT2D eigenvalue weighted by molar-refractivity contribution is 0.109. The van der Waals surface area contributed by atoms with Gasteiger partial charge in [-0.3, -0.25) is 4.99 Å². The lowest BCUT2D eigenvalue weighted by atomic mass is 9.93. The summed E-state index contributed by atoms with van der Waals surface area (Å²) in [5.41, 5.74) is 5.42. The quantitative estimate of drug-likeness (QED) is 0.433. The number of hydrogen-bond donors (Lipinski definition) is 2. The molecule has 64 valence electrons. The van der Waals surface area contributed by atoms with Gasteiger partial charge >= 0.3 is 0 Å². The molecule has 0 spiro atoms. The minimum Gasteiger partial charge on any atom is -0.391 e. The Labute approximate surface area is 67.3 Å². The third-order valence-corrected chi connectivity index (χ3v) is 2.06. The van der Waals surface area contributed by atoms with Crippen LogP contribution in [0, 0.1) is 0 Å². The summed E-state index contributed by atoms with van der Waals surface area (Å²) in [7, 11) is 0. The normalized spacial score (nSPS) is 33.8. The Hall–Kier alpha value is -0.570. The Kier molecular flexibility index (Phi) is 2.88. The molecule has 0 radical (unpaired) electrons. The lowest BCUT2D eigenvalue weighted by Gasteiger charge is -2.24. The topological polar surface area (TPSA) is 58.6 Å². The highest BCUT2D eigenvalue weighted by molar-refractivity contribution is 5.77. The van der Waals surface area contributed by atoms with E-state index in [9.17, 15) is 5.11 Å². The molecule has 1 rings (SSSR count). The predicted octanol–water partition coefficient (Wildman–Crippen LogP) is 0.667. The molecule has 0 bridgehead atoms. The van der Waals surface area contributed by atoms with Crippen molar-refractivity contribution >= 4 is 5.84 Å². The summed E-state index contributed by atoms with van der Waals surface area (Å²) in [6.45, 7) is 1.77. The van der Waals surface area contributed by atoms with E-state index >= 15 is 0 Å². The second kappa shape index (κ2) is 3.72. The van der Waals surface area contributed by atoms with Crippen LogP contribution in [0.2, 0.25) is 0 Å². The fourth-order valence-electron chi connectivity index (χ4n) is 1.50. The number of nitrogens with zero attached hydrogens (tertiary/aromatic N) is 1. The molecule has 11 heavy (non-hydrogen) atoms. The molecular formula is C8H16N2O. The molecule has 1 saturated carbocycles. The van der Waals surface area contributed by atoms with Crippen LogP contribution >= 0.6 is 0 Å². The Morgan fingerprint density at radius 2 is 2.09 bits per heavy atom. The number of nitrogens with two attached hydrogens (primary N) is 1. The number of rotatable bonds is 1. The average molecular weight is 156 g/mol. The molecule has 2 atom stereocenters. The van der Waals surface area contributed by atoms with Gasteiger partial charge in [-0.2, -0.15) is 0 Å². The summed E-state index contributed by atoms with van der Waals surface area (Å²) >= 11 is 0. The van der Waals surface area contributed by atoms with Gasteiger partial charge in [-0.05, 0) is 19.8 Å². The highest BCUT2D eigenvalue weighted by Gasteiger charge is 2.21. The van der Waals surface area contributed by atoms with Crippen molar-refractivity contribution in [2.45, 2.75) is 44.8 Å². The first kappa shape index (κ1) is 8.53. The summed E-state index contributed by atoms with van der Waals surface area (Å²) in [6.07, 6.45) is 3.88. The van der Waals surface area contributed by atoms with E-state index in [1.54, 1.807) is 6.92 Å². The van der Waals surface area contributed by atoms with E-state index < -0.39 is 0 Å². The molecular weight excluding hydrogens is 140 g/mol. The molecule has 3 N–H and O–H groups in total. The van der Waals surface area contributed by atoms with Crippen LogP contribution in [0.4, 0.5) is 0 Å². The summed E-state index contributed by atoms with van der Waals surface area (Å²) in [5, 5.41) is 9.46. The molecule has 0 heterocycles. The molecule has 0 aliphatic heterocycles. The van der Waals surface area contributed by atoms with E-state index in [-0.39, 0.29) is 12.1 Å². The van der Waals surface area contributed by atoms with Crippen LogP contribution < -0.4 is 5.73 Å². The summed E-state index contributed by atoms with van der Waals surface area (Å²) in [4.78, 5) is 4.16. The zero-order chi connectivity index (χ0) is 8.27. The average Bonchev–Trinajstić information content (AvgIpc) is 1.93. The summed E-state index contributed by atoms with van der Waals surface area (Å²) < 4.78 is 0. The lowest BCUT2D eigenvalue weighted by Crippen LogP contribution is -2.29. The van der Waals surface area contributed by atoms with Gasteiger partial charge in [-0.15, -0.1) is 0 Å². The smallest absolute Gasteiger partial charge is 0.0910 e. The van der Waals surface area contributed by atoms with E-state index in [1.165, 1.54) is 6.42 Å². The summed E-state index contributed by atoms with van der Waals surface area (Å²) in [5.74, 6) is 0.580. The molecule has 0 aromatic rings. The summed E-state index contributed by atoms with van der Waals surface area (Å²) in [6, 6.07) is 0.0637. The van der Waals surface area contributed by atoms with Crippen LogP contribution in [-0.4, -0.2) is 23.1 Å². The van der Waals surface area contributed by atoms with Crippen molar-refractivity contribution in [3.8, 4) is 0 Å². The molecule has 0 aromatic heterocycles. The number of hydrogen-bond acceptors (Lipinski definition) is 2. The third-order valence-electron chi connectivity index (χ3n) is 2.06. The molecule has 0 saturated heterocycles. The standard InChI is InChI=1S/C8H16N2O/c1-6(9)10-7-4-2-3-5-8(7)11/h7-8,11H,2-5H2,1H3,(H2,9,10). The maximum Gasteiger partial charge on any atom is 0.0910 e. The van der Waals surface area contributed by atoms with Crippen molar-refractivity contribution in [1.29, 1.82) is 0 Å². The minimum absolute atomic E-state index is 0.0637. The van der Waals surface area contributed by atoms with Crippen LogP contribution in [0.15, 0.2) is 4.99 Å². The van der Waals surface area contributed by atoms with Crippen LogP contribution in [0.3, 0.4) is 0 Å². The number of aliphatic hydroxyl groups excluding tert-OH is 1. The minimum atomic E-state index is -0.262. The molecule has 2 unspecified atom stereocenters. The predicted molar refractivity (Wildman–Crippen MR) is 45.6 cm³/mol. The monoisotopic (exact) mass is 156 g/mol. The second-order valence-corrected chi connectivity index (χ2v) is 3.19. The van der Waals surface area contributed by atoms with Crippen molar-refractivity contribution in [2.24, 2.45) is 10.7 Å². The highest BCUT2D eigenvalue weighted by Crippen LogP contribution is 2.20. The Morgan fingerprint density at radius 3 is 2.64 bits per heavy atom. The Morgan fingerprint density at radius 1 is 1.45 bits per heavy atom. The first-order valence-corrected chi connectivity index (χ1v) is 4.18. The first-order chi connectivity index (χ1) is 5.20. The Bertz CT molecular complexity index is 152. The van der Waals surface area contributed by atoms with Gasteiger partial charge in [0.15, 0.2) is 0 Å². The van der Waals surface area contributed by atoms with E-state index in [2.05, 4.69) is 4.99 Å². The van der Waals surface area contributed by atoms with Gasteiger partial charge < -0.3 is 10.8 Å². The molecule has 3 nitrogen and oxygen atoms in total. The molecule has 3 heteroatoms. The first-order valence-electron chi connectivity index (χ1n) is 4.18. The van der Waals surface area contributed by atoms with Gasteiger partial charge in [0.1, 0.15) is 0 Å². The maximum atomic E-state index is 9.46. The molecule has 0 aromatic carbocycles. The fourth-order valence-corrected chi connectivity index (χ4v) is 1.50. The molecule has 1 aliphatic rings. The van der Waals surface area contributed by atoms with Gasteiger partial charge in [0, 0.05) is 0 Å². The van der Waals surface area contributed by atoms with Crippen LogP contribution in [0.5, 0.6) is 0 Å². The largest absolute Gasteiger partial charge is 0.391 e. The number of aliphatic imine (C=N–C) groups is 1. The van der Waals surface area contributed by atoms with Crippen molar-refractivity contribution in [2.75, 3.05) is 0 Å². The SMILES string of the molecule is CC(N)=NC1CCCCC1O. The molecule has 1 fully saturated rings. The van der Waals surface area contributed by atoms with E-state index in [1.807, 2.05) is 0 Å². The van der Waals surface area contributed by atoms with Crippen LogP contribution in [0.25, 0.3) is 0 Å². The number of aliphatic hydroxyl groups is 1. The highest BCUT2D eigenvalue weighted by atomic mass is 16.3. The zero-order valence-corrected chi connectivity index (χ0v) is 6.95. The van der Waals surface area contributed by atoms with Gasteiger partial charge in [-0.25, -0.2) is 0 Å².